The number of hydrogen-bond donors (Lipinski definition) is 12. The summed E-state index contributed by atoms with van der Waals surface area (Å²) < 4.78 is 88.4. The molecule has 0 heterocycles. The van der Waals surface area contributed by atoms with Crippen molar-refractivity contribution in [1.82, 2.24) is 0 Å². The maximum atomic E-state index is 14.0. The summed E-state index contributed by atoms with van der Waals surface area (Å²) in [6.45, 7) is 0. The fourth-order valence-corrected chi connectivity index (χ4v) is 9.07. The van der Waals surface area contributed by atoms with Crippen LogP contribution in [0.4, 0.5) is 17.1 Å². The fraction of sp³-hybridized carbons (Fsp3) is 0. The highest BCUT2D eigenvalue weighted by atomic mass is 32.2. The van der Waals surface area contributed by atoms with Crippen molar-refractivity contribution >= 4 is 93.7 Å². The number of rotatable bonds is 15. The van der Waals surface area contributed by atoms with Crippen LogP contribution in [0.1, 0.15) is 62.1 Å². The summed E-state index contributed by atoms with van der Waals surface area (Å²) in [7, 11) is -15.5. The van der Waals surface area contributed by atoms with Crippen molar-refractivity contribution in [2.45, 2.75) is 14.7 Å². The van der Waals surface area contributed by atoms with Crippen LogP contribution >= 0.6 is 0 Å². The summed E-state index contributed by atoms with van der Waals surface area (Å²) >= 11 is 0. The van der Waals surface area contributed by atoms with E-state index < -0.39 is 159 Å². The topological polar surface area (TPSA) is 423 Å². The van der Waals surface area contributed by atoms with E-state index in [1.807, 2.05) is 14.2 Å². The smallest absolute Gasteiger partial charge is 0.339 e. The maximum Gasteiger partial charge on any atom is 0.339 e. The quantitative estimate of drug-likeness (QED) is 0.0671. The van der Waals surface area contributed by atoms with Crippen LogP contribution in [-0.2, 0) is 30.1 Å². The molecule has 0 unspecified atom stereocenters. The average Bonchev–Trinajstić information content (AvgIpc) is 3.14. The zero-order chi connectivity index (χ0) is 45.7. The van der Waals surface area contributed by atoms with Crippen molar-refractivity contribution in [3.8, 4) is 17.2 Å². The van der Waals surface area contributed by atoms with Crippen LogP contribution in [0.2, 0.25) is 0 Å². The van der Waals surface area contributed by atoms with E-state index in [4.69, 9.17) is 0 Å². The van der Waals surface area contributed by atoms with Gasteiger partial charge in [0, 0.05) is 5.39 Å². The minimum absolute atomic E-state index is 0.448. The molecular formula is C34H23N3O21S3. The first-order valence-corrected chi connectivity index (χ1v) is 20.3. The molecule has 0 saturated carbocycles. The Morgan fingerprint density at radius 2 is 0.656 bits per heavy atom. The molecule has 5 aromatic rings. The van der Waals surface area contributed by atoms with Gasteiger partial charge in [-0.25, -0.2) is 54.0 Å². The zero-order valence-corrected chi connectivity index (χ0v) is 31.9. The van der Waals surface area contributed by atoms with Gasteiger partial charge < -0.3 is 46.0 Å². The molecule has 0 aliphatic heterocycles. The Hall–Kier alpha value is -8.17. The summed E-state index contributed by atoms with van der Waals surface area (Å²) in [4.78, 5) is 67.2. The van der Waals surface area contributed by atoms with Gasteiger partial charge in [0.1, 0.15) is 50.6 Å². The number of hydrogen-bond acceptors (Lipinski definition) is 15. The van der Waals surface area contributed by atoms with Gasteiger partial charge in [0.15, 0.2) is 0 Å². The van der Waals surface area contributed by atoms with Crippen LogP contribution in [0, 0.1) is 0 Å². The first kappa shape index (κ1) is 43.9. The van der Waals surface area contributed by atoms with Gasteiger partial charge in [0.25, 0.3) is 30.1 Å². The molecule has 0 aliphatic carbocycles. The van der Waals surface area contributed by atoms with E-state index in [2.05, 4.69) is 0 Å². The number of carboxylic acids is 6. The third kappa shape index (κ3) is 8.67. The van der Waals surface area contributed by atoms with E-state index >= 15 is 0 Å². The number of anilines is 3. The normalized spacial score (nSPS) is 11.7. The van der Waals surface area contributed by atoms with E-state index in [1.54, 1.807) is 0 Å². The molecule has 12 N–H and O–H groups in total. The number of aromatic carboxylic acids is 6. The highest BCUT2D eigenvalue weighted by molar-refractivity contribution is 7.94. The van der Waals surface area contributed by atoms with Crippen LogP contribution in [0.25, 0.3) is 10.8 Å². The van der Waals surface area contributed by atoms with Gasteiger partial charge in [-0.05, 0) is 66.0 Å². The monoisotopic (exact) mass is 905 g/mol. The van der Waals surface area contributed by atoms with Gasteiger partial charge in [0.2, 0.25) is 0 Å². The van der Waals surface area contributed by atoms with Crippen LogP contribution in [0.15, 0.2) is 81.4 Å². The Balaban J connectivity index is 1.74. The molecule has 0 aliphatic rings. The third-order valence-electron chi connectivity index (χ3n) is 8.24. The summed E-state index contributed by atoms with van der Waals surface area (Å²) in [6.07, 6.45) is 0. The van der Waals surface area contributed by atoms with Gasteiger partial charge in [-0.15, -0.1) is 0 Å². The summed E-state index contributed by atoms with van der Waals surface area (Å²) in [6, 6.07) is 6.45. The van der Waals surface area contributed by atoms with Crippen molar-refractivity contribution in [2.24, 2.45) is 0 Å². The molecule has 0 atom stereocenters. The number of carbonyl (C=O) groups is 6. The molecule has 61 heavy (non-hydrogen) atoms. The Kier molecular flexibility index (Phi) is 11.2. The van der Waals surface area contributed by atoms with E-state index in [1.165, 1.54) is 0 Å². The van der Waals surface area contributed by atoms with Crippen molar-refractivity contribution in [2.75, 3.05) is 14.2 Å². The molecule has 0 fully saturated rings. The van der Waals surface area contributed by atoms with Gasteiger partial charge in [-0.3, -0.25) is 14.2 Å². The average molecular weight is 906 g/mol. The number of phenols is 3. The molecule has 318 valence electrons. The first-order valence-electron chi connectivity index (χ1n) is 15.8. The minimum Gasteiger partial charge on any atom is -0.506 e. The van der Waals surface area contributed by atoms with Crippen molar-refractivity contribution in [1.29, 1.82) is 0 Å². The predicted octanol–water partition coefficient (Wildman–Crippen LogP) is 2.55. The largest absolute Gasteiger partial charge is 0.506 e. The Morgan fingerprint density at radius 3 is 0.967 bits per heavy atom. The number of aromatic hydroxyl groups is 3. The Morgan fingerprint density at radius 1 is 0.377 bits per heavy atom. The molecule has 0 radical (unpaired) electrons. The number of benzene rings is 5. The molecular weight excluding hydrogens is 883 g/mol. The minimum atomic E-state index is -5.26. The Labute approximate surface area is 339 Å². The van der Waals surface area contributed by atoms with E-state index in [-0.39, 0.29) is 0 Å². The lowest BCUT2D eigenvalue weighted by Crippen LogP contribution is -2.18. The molecule has 0 aromatic heterocycles. The lowest BCUT2D eigenvalue weighted by atomic mass is 10.1. The number of sulfonamides is 3. The maximum absolute atomic E-state index is 14.0. The molecule has 5 rings (SSSR count). The van der Waals surface area contributed by atoms with Gasteiger partial charge in [-0.1, -0.05) is 6.07 Å². The number of fused-ring (bicyclic) bond motifs is 1. The molecule has 0 bridgehead atoms. The van der Waals surface area contributed by atoms with Crippen LogP contribution < -0.4 is 14.2 Å². The molecule has 0 amide bonds. The van der Waals surface area contributed by atoms with Crippen LogP contribution in [0.5, 0.6) is 17.2 Å². The standard InChI is InChI=1S/C34H23N3O21S3/c38-26-19(29(41)42)5-13(6-20(26)30(43)44)35-59(53,54)16-1-2-18-12(3-16)4-17(60(55,56)36-14-7-21(31(45)46)27(39)22(8-14)32(47)48)11-25(18)61(57,58)37-15-9-23(33(49)50)28(40)24(10-15)34(51)52/h1-11,35-40H,(H,41,42)(H,43,44)(H,45,46)(H,47,48)(H,49,50)(H,51,52). The molecule has 5 aromatic carbocycles. The number of carboxylic acid groups (broad SMARTS) is 6. The van der Waals surface area contributed by atoms with Crippen molar-refractivity contribution < 1.29 is 100.0 Å². The molecule has 27 heteroatoms. The van der Waals surface area contributed by atoms with E-state index in [9.17, 15) is 100.0 Å². The van der Waals surface area contributed by atoms with Crippen molar-refractivity contribution in [3.63, 3.8) is 0 Å². The van der Waals surface area contributed by atoms with E-state index in [0.29, 0.717) is 54.6 Å². The summed E-state index contributed by atoms with van der Waals surface area (Å²) in [5, 5.41) is 85.9. The van der Waals surface area contributed by atoms with E-state index in [0.717, 1.165) is 12.1 Å². The summed E-state index contributed by atoms with van der Waals surface area (Å²) in [5.74, 6) is -15.2. The number of nitrogens with one attached hydrogen (secondary N) is 3. The lowest BCUT2D eigenvalue weighted by molar-refractivity contribution is 0.0669. The molecule has 24 nitrogen and oxygen atoms in total. The SMILES string of the molecule is O=C(O)c1cc(NS(=O)(=O)c2ccc3c(S(=O)(=O)Nc4cc(C(=O)O)c(O)c(C(=O)O)c4)cc(S(=O)(=O)Nc4cc(C(=O)O)c(O)c(C(=O)O)c4)cc3c2)cc(C(=O)O)c1O. The van der Waals surface area contributed by atoms with Crippen molar-refractivity contribution in [3.05, 3.63) is 100 Å². The van der Waals surface area contributed by atoms with Gasteiger partial charge in [-0.2, -0.15) is 0 Å². The zero-order valence-electron chi connectivity index (χ0n) is 29.5. The highest BCUT2D eigenvalue weighted by Crippen LogP contribution is 2.36. The highest BCUT2D eigenvalue weighted by Gasteiger charge is 2.29. The second kappa shape index (κ2) is 15.5. The molecule has 0 spiro atoms. The second-order valence-corrected chi connectivity index (χ2v) is 17.2. The van der Waals surface area contributed by atoms with Gasteiger partial charge >= 0.3 is 35.8 Å². The lowest BCUT2D eigenvalue weighted by Gasteiger charge is -2.16. The third-order valence-corrected chi connectivity index (χ3v) is 12.4. The Bertz CT molecular complexity index is 3050. The second-order valence-electron chi connectivity index (χ2n) is 12.2. The molecule has 0 saturated heterocycles. The fourth-order valence-electron chi connectivity index (χ4n) is 5.53. The first-order chi connectivity index (χ1) is 28.1. The predicted molar refractivity (Wildman–Crippen MR) is 202 cm³/mol. The summed E-state index contributed by atoms with van der Waals surface area (Å²) in [5.41, 5.74) is -8.80. The van der Waals surface area contributed by atoms with Crippen LogP contribution in [-0.4, -0.2) is 107 Å². The van der Waals surface area contributed by atoms with Crippen LogP contribution in [0.3, 0.4) is 0 Å². The van der Waals surface area contributed by atoms with Gasteiger partial charge in [0.05, 0.1) is 31.7 Å².